The fraction of sp³-hybridized carbons (Fsp3) is 0.429. The quantitative estimate of drug-likeness (QED) is 0.760. The number of hydrogen-bond acceptors (Lipinski definition) is 5. The first kappa shape index (κ1) is 13.7. The number of rotatable bonds is 5. The van der Waals surface area contributed by atoms with Crippen molar-refractivity contribution in [3.63, 3.8) is 0 Å². The van der Waals surface area contributed by atoms with Gasteiger partial charge in [-0.2, -0.15) is 9.90 Å². The zero-order valence-corrected chi connectivity index (χ0v) is 12.5. The van der Waals surface area contributed by atoms with E-state index in [4.69, 9.17) is 5.10 Å². The van der Waals surface area contributed by atoms with Gasteiger partial charge < -0.3 is 5.32 Å². The molecule has 2 heterocycles. The number of aromatic nitrogens is 6. The van der Waals surface area contributed by atoms with Crippen LogP contribution in [0.3, 0.4) is 0 Å². The molecule has 0 saturated heterocycles. The van der Waals surface area contributed by atoms with Crippen molar-refractivity contribution in [2.45, 2.75) is 33.0 Å². The van der Waals surface area contributed by atoms with Crippen molar-refractivity contribution in [2.24, 2.45) is 7.05 Å². The van der Waals surface area contributed by atoms with E-state index < -0.39 is 0 Å². The van der Waals surface area contributed by atoms with Crippen molar-refractivity contribution >= 4 is 10.9 Å². The van der Waals surface area contributed by atoms with Crippen LogP contribution in [0, 0.1) is 0 Å². The number of fused-ring (bicyclic) bond motifs is 1. The second kappa shape index (κ2) is 5.61. The molecule has 21 heavy (non-hydrogen) atoms. The standard InChI is InChI=1S/C14H19N7/c1-10(2)15-8-12-11-6-4-5-7-13(11)21(17-12)9-14-16-19-20(3)18-14/h4-7,10,15H,8-9H2,1-3H3. The maximum atomic E-state index is 4.70. The van der Waals surface area contributed by atoms with Crippen LogP contribution in [0.15, 0.2) is 24.3 Å². The molecule has 0 bridgehead atoms. The highest BCUT2D eigenvalue weighted by atomic mass is 15.6. The van der Waals surface area contributed by atoms with Gasteiger partial charge in [-0.3, -0.25) is 4.68 Å². The molecule has 0 aliphatic heterocycles. The van der Waals surface area contributed by atoms with Crippen molar-refractivity contribution in [1.29, 1.82) is 0 Å². The molecule has 0 saturated carbocycles. The van der Waals surface area contributed by atoms with Gasteiger partial charge in [-0.05, 0) is 11.3 Å². The van der Waals surface area contributed by atoms with Gasteiger partial charge in [0.2, 0.25) is 0 Å². The molecule has 110 valence electrons. The highest BCUT2D eigenvalue weighted by molar-refractivity contribution is 5.81. The normalized spacial score (nSPS) is 11.6. The molecule has 0 aliphatic rings. The van der Waals surface area contributed by atoms with Crippen molar-refractivity contribution in [3.8, 4) is 0 Å². The molecule has 7 nitrogen and oxygen atoms in total. The van der Waals surface area contributed by atoms with Gasteiger partial charge in [0.05, 0.1) is 18.3 Å². The Morgan fingerprint density at radius 2 is 2.00 bits per heavy atom. The minimum atomic E-state index is 0.426. The molecule has 7 heteroatoms. The van der Waals surface area contributed by atoms with Crippen LogP contribution in [0.4, 0.5) is 0 Å². The summed E-state index contributed by atoms with van der Waals surface area (Å²) >= 11 is 0. The lowest BCUT2D eigenvalue weighted by Gasteiger charge is -2.05. The highest BCUT2D eigenvalue weighted by Crippen LogP contribution is 2.19. The number of nitrogens with one attached hydrogen (secondary N) is 1. The van der Waals surface area contributed by atoms with Gasteiger partial charge in [0, 0.05) is 18.0 Å². The summed E-state index contributed by atoms with van der Waals surface area (Å²) in [4.78, 5) is 1.46. The van der Waals surface area contributed by atoms with E-state index in [1.165, 1.54) is 4.80 Å². The summed E-state index contributed by atoms with van der Waals surface area (Å²) in [6.07, 6.45) is 0. The highest BCUT2D eigenvalue weighted by Gasteiger charge is 2.12. The van der Waals surface area contributed by atoms with E-state index in [0.29, 0.717) is 18.4 Å². The van der Waals surface area contributed by atoms with E-state index in [2.05, 4.69) is 46.7 Å². The molecule has 0 spiro atoms. The third-order valence-corrected chi connectivity index (χ3v) is 3.25. The van der Waals surface area contributed by atoms with Crippen LogP contribution >= 0.6 is 0 Å². The van der Waals surface area contributed by atoms with E-state index in [1.807, 2.05) is 16.8 Å². The van der Waals surface area contributed by atoms with E-state index in [0.717, 1.165) is 23.1 Å². The van der Waals surface area contributed by atoms with Crippen molar-refractivity contribution in [1.82, 2.24) is 35.3 Å². The largest absolute Gasteiger partial charge is 0.309 e. The summed E-state index contributed by atoms with van der Waals surface area (Å²) in [7, 11) is 1.76. The van der Waals surface area contributed by atoms with Crippen molar-refractivity contribution in [2.75, 3.05) is 0 Å². The summed E-state index contributed by atoms with van der Waals surface area (Å²) in [5.74, 6) is 0.661. The molecule has 3 aromatic rings. The van der Waals surface area contributed by atoms with Gasteiger partial charge in [-0.25, -0.2) is 0 Å². The van der Waals surface area contributed by atoms with Crippen LogP contribution in [0.25, 0.3) is 10.9 Å². The summed E-state index contributed by atoms with van der Waals surface area (Å²) in [5, 5.41) is 21.4. The van der Waals surface area contributed by atoms with Gasteiger partial charge in [0.25, 0.3) is 0 Å². The average molecular weight is 285 g/mol. The summed E-state index contributed by atoms with van der Waals surface area (Å²) < 4.78 is 1.93. The van der Waals surface area contributed by atoms with Gasteiger partial charge in [0.15, 0.2) is 5.82 Å². The first-order valence-corrected chi connectivity index (χ1v) is 7.04. The fourth-order valence-electron chi connectivity index (χ4n) is 2.27. The Bertz CT molecular complexity index is 741. The van der Waals surface area contributed by atoms with Gasteiger partial charge in [0.1, 0.15) is 6.54 Å². The lowest BCUT2D eigenvalue weighted by Crippen LogP contribution is -2.22. The maximum Gasteiger partial charge on any atom is 0.196 e. The number of benzene rings is 1. The van der Waals surface area contributed by atoms with Gasteiger partial charge in [-0.15, -0.1) is 10.2 Å². The van der Waals surface area contributed by atoms with Crippen molar-refractivity contribution in [3.05, 3.63) is 35.8 Å². The van der Waals surface area contributed by atoms with E-state index in [1.54, 1.807) is 7.05 Å². The number of aryl methyl sites for hydroxylation is 1. The molecular weight excluding hydrogens is 266 g/mol. The third kappa shape index (κ3) is 2.92. The topological polar surface area (TPSA) is 73.5 Å². The average Bonchev–Trinajstić information content (AvgIpc) is 3.02. The zero-order chi connectivity index (χ0) is 14.8. The second-order valence-corrected chi connectivity index (χ2v) is 5.35. The number of hydrogen-bond donors (Lipinski definition) is 1. The van der Waals surface area contributed by atoms with E-state index in [-0.39, 0.29) is 0 Å². The number of para-hydroxylation sites is 1. The van der Waals surface area contributed by atoms with Crippen molar-refractivity contribution < 1.29 is 0 Å². The molecule has 1 N–H and O–H groups in total. The Balaban J connectivity index is 1.94. The summed E-state index contributed by atoms with van der Waals surface area (Å²) in [6.45, 7) is 5.53. The smallest absolute Gasteiger partial charge is 0.196 e. The lowest BCUT2D eigenvalue weighted by atomic mass is 10.2. The summed E-state index contributed by atoms with van der Waals surface area (Å²) in [5.41, 5.74) is 2.13. The van der Waals surface area contributed by atoms with Gasteiger partial charge in [-0.1, -0.05) is 32.0 Å². The summed E-state index contributed by atoms with van der Waals surface area (Å²) in [6, 6.07) is 8.64. The SMILES string of the molecule is CC(C)NCc1nn(Cc2nnn(C)n2)c2ccccc12. The van der Waals surface area contributed by atoms with Crippen LogP contribution < -0.4 is 5.32 Å². The molecule has 3 rings (SSSR count). The van der Waals surface area contributed by atoms with Gasteiger partial charge >= 0.3 is 0 Å². The van der Waals surface area contributed by atoms with E-state index >= 15 is 0 Å². The number of tetrazole rings is 1. The molecule has 0 radical (unpaired) electrons. The second-order valence-electron chi connectivity index (χ2n) is 5.35. The Morgan fingerprint density at radius 3 is 2.71 bits per heavy atom. The zero-order valence-electron chi connectivity index (χ0n) is 12.5. The van der Waals surface area contributed by atoms with Crippen LogP contribution in [0.2, 0.25) is 0 Å². The Hall–Kier alpha value is -2.28. The van der Waals surface area contributed by atoms with Crippen LogP contribution in [0.1, 0.15) is 25.4 Å². The first-order chi connectivity index (χ1) is 10.1. The monoisotopic (exact) mass is 285 g/mol. The van der Waals surface area contributed by atoms with E-state index in [9.17, 15) is 0 Å². The Morgan fingerprint density at radius 1 is 1.19 bits per heavy atom. The molecule has 0 amide bonds. The minimum absolute atomic E-state index is 0.426. The predicted octanol–water partition coefficient (Wildman–Crippen LogP) is 1.11. The molecule has 0 aliphatic carbocycles. The first-order valence-electron chi connectivity index (χ1n) is 7.04. The number of nitrogens with zero attached hydrogens (tertiary/aromatic N) is 6. The Kier molecular flexibility index (Phi) is 3.66. The lowest BCUT2D eigenvalue weighted by molar-refractivity contribution is 0.570. The molecule has 0 atom stereocenters. The maximum absolute atomic E-state index is 4.70. The van der Waals surface area contributed by atoms with Crippen LogP contribution in [0.5, 0.6) is 0 Å². The molecule has 2 aromatic heterocycles. The molecule has 0 unspecified atom stereocenters. The molecule has 0 fully saturated rings. The third-order valence-electron chi connectivity index (χ3n) is 3.25. The Labute approximate surface area is 123 Å². The van der Waals surface area contributed by atoms with Crippen LogP contribution in [-0.2, 0) is 20.1 Å². The predicted molar refractivity (Wildman–Crippen MR) is 79.6 cm³/mol. The molecular formula is C14H19N7. The van der Waals surface area contributed by atoms with Crippen LogP contribution in [-0.4, -0.2) is 36.0 Å². The fourth-order valence-corrected chi connectivity index (χ4v) is 2.27. The minimum Gasteiger partial charge on any atom is -0.309 e. The molecule has 1 aromatic carbocycles.